The standard InChI is InChI=1S/C47H47F3N10O6S/c48-32-21-28(20-30-31(32)25-60(45(30)65)42(44(64)55-46-51-11-19-67-46)41-37-2-1-12-59(37)26-52-41)27-3-5-29(6-4-27)56-15-17-58(18-16-56)40(62)24-47(66)9-13-57(14-10-47)38-23-33(49)36(22-34(38)50)53-35-7-8-39(61)54-43(35)63/h3-6,11,19-23,26,35,42,53,66H,1-2,7-10,12-18,24-25H2,(H,51,55,64)(H,54,61,63). The van der Waals surface area contributed by atoms with Crippen molar-refractivity contribution in [2.24, 2.45) is 0 Å². The van der Waals surface area contributed by atoms with Gasteiger partial charge in [0.2, 0.25) is 17.7 Å². The lowest BCUT2D eigenvalue weighted by atomic mass is 9.87. The van der Waals surface area contributed by atoms with Gasteiger partial charge in [-0.2, -0.15) is 0 Å². The number of aryl methyl sites for hydroxylation is 1. The minimum Gasteiger partial charge on any atom is -0.389 e. The number of piperidine rings is 2. The number of rotatable bonds is 11. The molecule has 4 N–H and O–H groups in total. The first-order valence-corrected chi connectivity index (χ1v) is 23.3. The van der Waals surface area contributed by atoms with Crippen molar-refractivity contribution in [2.45, 2.75) is 75.7 Å². The molecule has 5 aromatic rings. The Morgan fingerprint density at radius 2 is 1.66 bits per heavy atom. The molecule has 5 aliphatic rings. The summed E-state index contributed by atoms with van der Waals surface area (Å²) in [4.78, 5) is 80.7. The molecule has 0 radical (unpaired) electrons. The van der Waals surface area contributed by atoms with Crippen molar-refractivity contribution in [1.82, 2.24) is 29.7 Å². The third-order valence-corrected chi connectivity index (χ3v) is 14.3. The average Bonchev–Trinajstić information content (AvgIpc) is 4.14. The number of imidazole rings is 1. The van der Waals surface area contributed by atoms with Crippen LogP contribution in [0, 0.1) is 17.5 Å². The van der Waals surface area contributed by atoms with Gasteiger partial charge in [0, 0.05) is 98.5 Å². The van der Waals surface area contributed by atoms with Crippen molar-refractivity contribution in [3.63, 3.8) is 0 Å². The first kappa shape index (κ1) is 44.1. The number of nitrogens with one attached hydrogen (secondary N) is 3. The van der Waals surface area contributed by atoms with Crippen LogP contribution in [-0.2, 0) is 38.7 Å². The van der Waals surface area contributed by atoms with Crippen LogP contribution in [-0.4, -0.2) is 110 Å². The Morgan fingerprint density at radius 1 is 0.881 bits per heavy atom. The predicted octanol–water partition coefficient (Wildman–Crippen LogP) is 4.99. The third-order valence-electron chi connectivity index (χ3n) is 13.6. The molecule has 0 aliphatic carbocycles. The summed E-state index contributed by atoms with van der Waals surface area (Å²) in [6, 6.07) is 10.7. The highest BCUT2D eigenvalue weighted by molar-refractivity contribution is 7.13. The van der Waals surface area contributed by atoms with Crippen molar-refractivity contribution in [1.29, 1.82) is 0 Å². The van der Waals surface area contributed by atoms with Crippen LogP contribution in [0.2, 0.25) is 0 Å². The highest BCUT2D eigenvalue weighted by Crippen LogP contribution is 2.39. The smallest absolute Gasteiger partial charge is 0.255 e. The maximum atomic E-state index is 16.0. The molecule has 0 saturated carbocycles. The second-order valence-corrected chi connectivity index (χ2v) is 18.6. The molecule has 2 unspecified atom stereocenters. The summed E-state index contributed by atoms with van der Waals surface area (Å²) in [5.74, 6) is -4.16. The minimum absolute atomic E-state index is 0.0125. The molecule has 7 heterocycles. The number of aromatic nitrogens is 3. The molecule has 348 valence electrons. The Balaban J connectivity index is 0.738. The largest absolute Gasteiger partial charge is 0.389 e. The van der Waals surface area contributed by atoms with Gasteiger partial charge >= 0.3 is 0 Å². The molecule has 16 nitrogen and oxygen atoms in total. The molecular weight excluding hydrogens is 890 g/mol. The SMILES string of the molecule is O=C1CCC(Nc2cc(F)c(N3CCC(O)(CC(=O)N4CCN(c5ccc(-c6cc(F)c7c(c6)C(=O)N(C(C(=O)Nc6nccs6)c6ncn8c6CCC8)C7)cc5)CC4)CC3)cc2F)C(=O)N1. The second kappa shape index (κ2) is 17.8. The normalized spacial score (nSPS) is 19.6. The van der Waals surface area contributed by atoms with Gasteiger partial charge in [0.25, 0.3) is 11.8 Å². The molecule has 0 spiro atoms. The first-order chi connectivity index (χ1) is 32.3. The zero-order chi connectivity index (χ0) is 46.6. The van der Waals surface area contributed by atoms with E-state index in [4.69, 9.17) is 0 Å². The van der Waals surface area contributed by atoms with Gasteiger partial charge in [-0.05, 0) is 67.5 Å². The van der Waals surface area contributed by atoms with Crippen LogP contribution < -0.4 is 25.8 Å². The molecular formula is C47H47F3N10O6S. The molecule has 3 aromatic carbocycles. The number of thiazole rings is 1. The van der Waals surface area contributed by atoms with Gasteiger partial charge in [-0.15, -0.1) is 11.3 Å². The number of anilines is 4. The van der Waals surface area contributed by atoms with E-state index in [9.17, 15) is 29.1 Å². The number of hydrogen-bond donors (Lipinski definition) is 4. The molecule has 5 aliphatic heterocycles. The zero-order valence-electron chi connectivity index (χ0n) is 36.3. The summed E-state index contributed by atoms with van der Waals surface area (Å²) >= 11 is 1.26. The van der Waals surface area contributed by atoms with E-state index < -0.39 is 58.8 Å². The molecule has 5 amide bonds. The van der Waals surface area contributed by atoms with E-state index >= 15 is 13.2 Å². The Labute approximate surface area is 386 Å². The molecule has 10 rings (SSSR count). The van der Waals surface area contributed by atoms with Crippen LogP contribution in [0.1, 0.15) is 71.9 Å². The lowest BCUT2D eigenvalue weighted by Gasteiger charge is -2.41. The van der Waals surface area contributed by atoms with E-state index in [1.165, 1.54) is 22.3 Å². The second-order valence-electron chi connectivity index (χ2n) is 17.8. The quantitative estimate of drug-likeness (QED) is 0.131. The van der Waals surface area contributed by atoms with Gasteiger partial charge in [0.05, 0.1) is 42.0 Å². The Bertz CT molecular complexity index is 2770. The Kier molecular flexibility index (Phi) is 11.7. The van der Waals surface area contributed by atoms with Crippen LogP contribution >= 0.6 is 11.3 Å². The molecule has 0 bridgehead atoms. The van der Waals surface area contributed by atoms with Gasteiger partial charge in [0.15, 0.2) is 11.2 Å². The maximum Gasteiger partial charge on any atom is 0.255 e. The van der Waals surface area contributed by atoms with Crippen LogP contribution in [0.4, 0.5) is 35.4 Å². The lowest BCUT2D eigenvalue weighted by molar-refractivity contribution is -0.138. The van der Waals surface area contributed by atoms with E-state index in [1.807, 2.05) is 28.8 Å². The third kappa shape index (κ3) is 8.70. The number of piperazine rings is 1. The van der Waals surface area contributed by atoms with Crippen molar-refractivity contribution in [3.8, 4) is 11.1 Å². The van der Waals surface area contributed by atoms with Gasteiger partial charge in [-0.1, -0.05) is 12.1 Å². The van der Waals surface area contributed by atoms with E-state index in [0.717, 1.165) is 36.5 Å². The number of carbonyl (C=O) groups excluding carboxylic acids is 5. The monoisotopic (exact) mass is 936 g/mol. The number of nitrogens with zero attached hydrogens (tertiary/aromatic N) is 7. The van der Waals surface area contributed by atoms with Crippen molar-refractivity contribution < 1.29 is 42.3 Å². The Hall–Kier alpha value is -6.80. The summed E-state index contributed by atoms with van der Waals surface area (Å²) in [5, 5.41) is 21.3. The molecule has 3 fully saturated rings. The van der Waals surface area contributed by atoms with Gasteiger partial charge in [-0.3, -0.25) is 34.6 Å². The van der Waals surface area contributed by atoms with Gasteiger partial charge in [-0.25, -0.2) is 23.1 Å². The summed E-state index contributed by atoms with van der Waals surface area (Å²) < 4.78 is 48.3. The van der Waals surface area contributed by atoms with Crippen molar-refractivity contribution in [3.05, 3.63) is 106 Å². The number of benzene rings is 3. The van der Waals surface area contributed by atoms with Crippen LogP contribution in [0.3, 0.4) is 0 Å². The van der Waals surface area contributed by atoms with E-state index in [-0.39, 0.29) is 80.1 Å². The van der Waals surface area contributed by atoms with E-state index in [0.29, 0.717) is 54.6 Å². The molecule has 20 heteroatoms. The summed E-state index contributed by atoms with van der Waals surface area (Å²) in [6.45, 7) is 2.97. The van der Waals surface area contributed by atoms with Crippen LogP contribution in [0.25, 0.3) is 11.1 Å². The number of halogens is 3. The number of imide groups is 1. The zero-order valence-corrected chi connectivity index (χ0v) is 37.1. The van der Waals surface area contributed by atoms with E-state index in [2.05, 4.69) is 30.8 Å². The minimum atomic E-state index is -1.32. The van der Waals surface area contributed by atoms with E-state index in [1.54, 1.807) is 33.8 Å². The topological polar surface area (TPSA) is 185 Å². The maximum absolute atomic E-state index is 16.0. The molecule has 3 saturated heterocycles. The summed E-state index contributed by atoms with van der Waals surface area (Å²) in [7, 11) is 0. The number of aliphatic hydroxyl groups is 1. The predicted molar refractivity (Wildman–Crippen MR) is 242 cm³/mol. The molecule has 67 heavy (non-hydrogen) atoms. The average molecular weight is 937 g/mol. The fourth-order valence-corrected chi connectivity index (χ4v) is 10.4. The Morgan fingerprint density at radius 3 is 2.39 bits per heavy atom. The number of carbonyl (C=O) groups is 5. The fourth-order valence-electron chi connectivity index (χ4n) is 9.89. The molecule has 2 atom stereocenters. The molecule has 2 aromatic heterocycles. The van der Waals surface area contributed by atoms with Crippen molar-refractivity contribution >= 4 is 63.1 Å². The summed E-state index contributed by atoms with van der Waals surface area (Å²) in [6.07, 6.45) is 5.34. The lowest BCUT2D eigenvalue weighted by Crippen LogP contribution is -2.52. The highest BCUT2D eigenvalue weighted by Gasteiger charge is 2.43. The van der Waals surface area contributed by atoms with Crippen LogP contribution in [0.5, 0.6) is 0 Å². The number of amides is 5. The summed E-state index contributed by atoms with van der Waals surface area (Å²) in [5.41, 5.74) is 2.38. The fraction of sp³-hybridized carbons (Fsp3) is 0.383. The van der Waals surface area contributed by atoms with Gasteiger partial charge < -0.3 is 34.6 Å². The highest BCUT2D eigenvalue weighted by atomic mass is 32.1. The van der Waals surface area contributed by atoms with Crippen LogP contribution in [0.15, 0.2) is 66.4 Å². The number of fused-ring (bicyclic) bond motifs is 2. The van der Waals surface area contributed by atoms with Crippen molar-refractivity contribution in [2.75, 3.05) is 59.7 Å². The van der Waals surface area contributed by atoms with Gasteiger partial charge in [0.1, 0.15) is 23.5 Å². The number of hydrogen-bond acceptors (Lipinski definition) is 12. The first-order valence-electron chi connectivity index (χ1n) is 22.4.